The fraction of sp³-hybridized carbons (Fsp3) is 0.200. The number of pyridine rings is 1. The summed E-state index contributed by atoms with van der Waals surface area (Å²) in [6.45, 7) is 1.29. The van der Waals surface area contributed by atoms with Crippen molar-refractivity contribution >= 4 is 11.6 Å². The van der Waals surface area contributed by atoms with Gasteiger partial charge in [0.2, 0.25) is 5.91 Å². The van der Waals surface area contributed by atoms with Crippen molar-refractivity contribution in [2.75, 3.05) is 6.54 Å². The maximum Gasteiger partial charge on any atom is 0.223 e. The molecule has 1 atom stereocenters. The smallest absolute Gasteiger partial charge is 0.223 e. The predicted octanol–water partition coefficient (Wildman–Crippen LogP) is 4.58. The fourth-order valence-corrected chi connectivity index (χ4v) is 4.35. The van der Waals surface area contributed by atoms with Gasteiger partial charge in [-0.3, -0.25) is 4.79 Å². The molecule has 4 nitrogen and oxygen atoms in total. The van der Waals surface area contributed by atoms with E-state index in [2.05, 4.69) is 17.1 Å². The summed E-state index contributed by atoms with van der Waals surface area (Å²) in [5, 5.41) is 0. The number of benzene rings is 2. The molecule has 150 valence electrons. The van der Waals surface area contributed by atoms with Crippen LogP contribution in [0.15, 0.2) is 79.1 Å². The summed E-state index contributed by atoms with van der Waals surface area (Å²) < 4.78 is 16.7. The Morgan fingerprint density at radius 3 is 2.63 bits per heavy atom. The molecule has 1 aliphatic heterocycles. The van der Waals surface area contributed by atoms with Crippen molar-refractivity contribution in [3.63, 3.8) is 0 Å². The van der Waals surface area contributed by atoms with Crippen LogP contribution in [-0.2, 0) is 17.8 Å². The predicted molar refractivity (Wildman–Crippen MR) is 114 cm³/mol. The first-order valence-corrected chi connectivity index (χ1v) is 10.2. The summed E-state index contributed by atoms with van der Waals surface area (Å²) in [5.74, 6) is -0.679. The second kappa shape index (κ2) is 7.75. The van der Waals surface area contributed by atoms with E-state index in [1.807, 2.05) is 51.9 Å². The van der Waals surface area contributed by atoms with Crippen LogP contribution in [0.2, 0.25) is 0 Å². The van der Waals surface area contributed by atoms with Gasteiger partial charge in [-0.1, -0.05) is 48.5 Å². The monoisotopic (exact) mass is 399 g/mol. The van der Waals surface area contributed by atoms with Gasteiger partial charge in [0, 0.05) is 37.8 Å². The number of hydrogen-bond acceptors (Lipinski definition) is 2. The second-order valence-corrected chi connectivity index (χ2v) is 7.72. The minimum atomic E-state index is -0.409. The minimum absolute atomic E-state index is 0.0311. The van der Waals surface area contributed by atoms with Crippen LogP contribution in [0, 0.1) is 5.82 Å². The van der Waals surface area contributed by atoms with E-state index < -0.39 is 5.92 Å². The van der Waals surface area contributed by atoms with Gasteiger partial charge in [-0.15, -0.1) is 0 Å². The summed E-state index contributed by atoms with van der Waals surface area (Å²) in [4.78, 5) is 19.7. The van der Waals surface area contributed by atoms with Gasteiger partial charge in [0.25, 0.3) is 0 Å². The molecule has 0 bridgehead atoms. The Balaban J connectivity index is 1.49. The first kappa shape index (κ1) is 18.6. The lowest BCUT2D eigenvalue weighted by atomic mass is 9.91. The van der Waals surface area contributed by atoms with Crippen molar-refractivity contribution in [2.45, 2.75) is 25.3 Å². The third-order valence-electron chi connectivity index (χ3n) is 5.95. The van der Waals surface area contributed by atoms with E-state index in [0.29, 0.717) is 18.7 Å². The number of aromatic nitrogens is 2. The van der Waals surface area contributed by atoms with Crippen LogP contribution in [0.4, 0.5) is 4.39 Å². The minimum Gasteiger partial charge on any atom is -0.338 e. The average molecular weight is 399 g/mol. The molecular weight excluding hydrogens is 377 g/mol. The molecule has 0 saturated carbocycles. The maximum absolute atomic E-state index is 14.8. The topological polar surface area (TPSA) is 37.6 Å². The van der Waals surface area contributed by atoms with Crippen molar-refractivity contribution in [1.29, 1.82) is 0 Å². The zero-order valence-electron chi connectivity index (χ0n) is 16.5. The van der Waals surface area contributed by atoms with Crippen molar-refractivity contribution in [2.24, 2.45) is 0 Å². The summed E-state index contributed by atoms with van der Waals surface area (Å²) in [7, 11) is 0. The second-order valence-electron chi connectivity index (χ2n) is 7.72. The van der Waals surface area contributed by atoms with E-state index in [1.54, 1.807) is 18.3 Å². The lowest BCUT2D eigenvalue weighted by Crippen LogP contribution is -2.36. The zero-order chi connectivity index (χ0) is 20.5. The van der Waals surface area contributed by atoms with Gasteiger partial charge in [-0.05, 0) is 41.3 Å². The highest BCUT2D eigenvalue weighted by atomic mass is 19.1. The van der Waals surface area contributed by atoms with Gasteiger partial charge in [-0.2, -0.15) is 0 Å². The number of carbonyl (C=O) groups excluding carboxylic acids is 1. The summed E-state index contributed by atoms with van der Waals surface area (Å²) in [5.41, 5.74) is 4.62. The first-order chi connectivity index (χ1) is 14.7. The number of amides is 1. The number of imidazole rings is 1. The highest BCUT2D eigenvalue weighted by Crippen LogP contribution is 2.32. The molecule has 0 radical (unpaired) electrons. The lowest BCUT2D eigenvalue weighted by molar-refractivity contribution is -0.132. The molecule has 1 amide bonds. The van der Waals surface area contributed by atoms with E-state index in [1.165, 1.54) is 17.2 Å². The Morgan fingerprint density at radius 2 is 1.77 bits per heavy atom. The van der Waals surface area contributed by atoms with Crippen molar-refractivity contribution in [1.82, 2.24) is 14.3 Å². The van der Waals surface area contributed by atoms with Gasteiger partial charge in [0.1, 0.15) is 11.5 Å². The van der Waals surface area contributed by atoms with Crippen molar-refractivity contribution in [3.05, 3.63) is 107 Å². The Bertz CT molecular complexity index is 1220. The average Bonchev–Trinajstić information content (AvgIpc) is 3.21. The normalized spacial score (nSPS) is 14.5. The van der Waals surface area contributed by atoms with Crippen LogP contribution in [0.3, 0.4) is 0 Å². The number of carbonyl (C=O) groups is 1. The number of hydrogen-bond donors (Lipinski definition) is 0. The Kier molecular flexibility index (Phi) is 4.79. The van der Waals surface area contributed by atoms with Gasteiger partial charge >= 0.3 is 0 Å². The molecule has 0 fully saturated rings. The molecule has 2 aromatic carbocycles. The van der Waals surface area contributed by atoms with Crippen LogP contribution in [-0.4, -0.2) is 26.7 Å². The maximum atomic E-state index is 14.8. The Hall–Kier alpha value is -3.47. The van der Waals surface area contributed by atoms with Crippen molar-refractivity contribution < 1.29 is 9.18 Å². The highest BCUT2D eigenvalue weighted by molar-refractivity contribution is 5.78. The molecule has 0 saturated heterocycles. The zero-order valence-corrected chi connectivity index (χ0v) is 16.5. The molecule has 0 unspecified atom stereocenters. The van der Waals surface area contributed by atoms with Gasteiger partial charge < -0.3 is 9.30 Å². The number of rotatable bonds is 4. The third kappa shape index (κ3) is 3.36. The molecule has 4 aromatic rings. The van der Waals surface area contributed by atoms with Crippen molar-refractivity contribution in [3.8, 4) is 0 Å². The summed E-state index contributed by atoms with van der Waals surface area (Å²) in [6.07, 6.45) is 4.71. The SMILES string of the molecule is O=C(C[C@@H](c1ccccc1F)c1cnc2ccccn12)N1CCc2ccccc2C1. The highest BCUT2D eigenvalue weighted by Gasteiger charge is 2.28. The van der Waals surface area contributed by atoms with Crippen LogP contribution < -0.4 is 0 Å². The van der Waals surface area contributed by atoms with E-state index in [-0.39, 0.29) is 18.1 Å². The quantitative estimate of drug-likeness (QED) is 0.504. The molecule has 0 aliphatic carbocycles. The standard InChI is InChI=1S/C25H22FN3O/c26-22-10-4-3-9-20(22)21(23-16-27-24-11-5-6-13-29(23)24)15-25(30)28-14-12-18-7-1-2-8-19(18)17-28/h1-11,13,16,21H,12,14-15,17H2/t21-/m0/s1. The van der Waals surface area contributed by atoms with E-state index in [0.717, 1.165) is 17.8 Å². The molecule has 1 aliphatic rings. The van der Waals surface area contributed by atoms with Crippen LogP contribution in [0.25, 0.3) is 5.65 Å². The lowest BCUT2D eigenvalue weighted by Gasteiger charge is -2.30. The molecule has 5 rings (SSSR count). The molecule has 5 heteroatoms. The number of fused-ring (bicyclic) bond motifs is 2. The number of nitrogens with zero attached hydrogens (tertiary/aromatic N) is 3. The third-order valence-corrected chi connectivity index (χ3v) is 5.95. The molecule has 30 heavy (non-hydrogen) atoms. The van der Waals surface area contributed by atoms with E-state index >= 15 is 0 Å². The Labute approximate surface area is 174 Å². The van der Waals surface area contributed by atoms with Crippen LogP contribution in [0.5, 0.6) is 0 Å². The number of halogens is 1. The summed E-state index contributed by atoms with van der Waals surface area (Å²) in [6, 6.07) is 20.7. The molecule has 0 N–H and O–H groups in total. The van der Waals surface area contributed by atoms with Gasteiger partial charge in [0.05, 0.1) is 5.69 Å². The van der Waals surface area contributed by atoms with E-state index in [9.17, 15) is 9.18 Å². The first-order valence-electron chi connectivity index (χ1n) is 10.2. The van der Waals surface area contributed by atoms with Crippen LogP contribution in [0.1, 0.15) is 34.7 Å². The molecule has 0 spiro atoms. The van der Waals surface area contributed by atoms with Gasteiger partial charge in [0.15, 0.2) is 0 Å². The summed E-state index contributed by atoms with van der Waals surface area (Å²) >= 11 is 0. The molecule has 2 aromatic heterocycles. The molecule has 3 heterocycles. The van der Waals surface area contributed by atoms with Gasteiger partial charge in [-0.25, -0.2) is 9.37 Å². The molecular formula is C25H22FN3O. The Morgan fingerprint density at radius 1 is 1.00 bits per heavy atom. The van der Waals surface area contributed by atoms with Crippen LogP contribution >= 0.6 is 0 Å². The largest absolute Gasteiger partial charge is 0.338 e. The van der Waals surface area contributed by atoms with E-state index in [4.69, 9.17) is 0 Å². The fourth-order valence-electron chi connectivity index (χ4n) is 4.35.